The van der Waals surface area contributed by atoms with Crippen LogP contribution >= 0.6 is 0 Å². The molecule has 0 radical (unpaired) electrons. The van der Waals surface area contributed by atoms with Crippen molar-refractivity contribution in [2.75, 3.05) is 13.1 Å². The lowest BCUT2D eigenvalue weighted by atomic mass is 9.95. The summed E-state index contributed by atoms with van der Waals surface area (Å²) in [5.41, 5.74) is 6.80. The molecule has 0 spiro atoms. The Morgan fingerprint density at radius 3 is 2.20 bits per heavy atom. The van der Waals surface area contributed by atoms with Crippen LogP contribution in [0.4, 0.5) is 13.6 Å². The molecule has 1 saturated heterocycles. The normalized spacial score (nSPS) is 15.1. The van der Waals surface area contributed by atoms with Crippen LogP contribution < -0.4 is 5.32 Å². The lowest BCUT2D eigenvalue weighted by Crippen LogP contribution is -2.42. The zero-order valence-electron chi connectivity index (χ0n) is 23.8. The average molecular weight is 560 g/mol. The van der Waals surface area contributed by atoms with E-state index in [9.17, 15) is 18.4 Å². The summed E-state index contributed by atoms with van der Waals surface area (Å²) in [5.74, 6) is -2.92. The van der Waals surface area contributed by atoms with Crippen LogP contribution in [0.2, 0.25) is 0 Å². The second-order valence-electron chi connectivity index (χ2n) is 11.7. The summed E-state index contributed by atoms with van der Waals surface area (Å²) in [6.07, 6.45) is -1.08. The van der Waals surface area contributed by atoms with Gasteiger partial charge in [0.15, 0.2) is 0 Å². The Balaban J connectivity index is 1.44. The van der Waals surface area contributed by atoms with E-state index in [1.165, 1.54) is 4.90 Å². The standard InChI is InChI=1S/C33H35F2N3O3/c1-21-5-7-23(8-6-21)28-19-25(17-26-18-27(37-29(26)28)20-36-31(40)41-32(2,3)4)22-9-11-24(12-10-22)30(39)38-15-13-33(34,35)14-16-38/h5-12,17-19,37H,13-16,20H2,1-4H3,(H,36,40). The first kappa shape index (κ1) is 28.3. The number of aryl methyl sites for hydroxylation is 1. The first-order valence-electron chi connectivity index (χ1n) is 13.8. The number of likely N-dealkylation sites (tertiary alicyclic amines) is 1. The highest BCUT2D eigenvalue weighted by Gasteiger charge is 2.35. The number of aromatic amines is 1. The van der Waals surface area contributed by atoms with Gasteiger partial charge >= 0.3 is 6.09 Å². The first-order valence-corrected chi connectivity index (χ1v) is 13.8. The molecule has 1 aliphatic heterocycles. The molecule has 0 saturated carbocycles. The number of rotatable bonds is 5. The van der Waals surface area contributed by atoms with E-state index >= 15 is 0 Å². The fourth-order valence-corrected chi connectivity index (χ4v) is 5.03. The van der Waals surface area contributed by atoms with Gasteiger partial charge in [0.25, 0.3) is 11.8 Å². The highest BCUT2D eigenvalue weighted by Crippen LogP contribution is 2.35. The third-order valence-corrected chi connectivity index (χ3v) is 7.22. The van der Waals surface area contributed by atoms with Gasteiger partial charge in [-0.3, -0.25) is 4.79 Å². The zero-order chi connectivity index (χ0) is 29.4. The molecule has 4 aromatic rings. The molecule has 1 aliphatic rings. The van der Waals surface area contributed by atoms with Crippen molar-refractivity contribution in [3.8, 4) is 22.3 Å². The van der Waals surface area contributed by atoms with Gasteiger partial charge in [-0.15, -0.1) is 0 Å². The van der Waals surface area contributed by atoms with Gasteiger partial charge in [0, 0.05) is 48.1 Å². The number of nitrogens with zero attached hydrogens (tertiary/aromatic N) is 1. The zero-order valence-corrected chi connectivity index (χ0v) is 23.8. The molecule has 6 nitrogen and oxygen atoms in total. The topological polar surface area (TPSA) is 74.4 Å². The van der Waals surface area contributed by atoms with Crippen molar-refractivity contribution in [3.05, 3.63) is 83.6 Å². The summed E-state index contributed by atoms with van der Waals surface area (Å²) in [4.78, 5) is 30.1. The van der Waals surface area contributed by atoms with E-state index in [0.29, 0.717) is 5.56 Å². The van der Waals surface area contributed by atoms with Gasteiger partial charge in [-0.1, -0.05) is 42.0 Å². The Kier molecular flexibility index (Phi) is 7.60. The minimum absolute atomic E-state index is 0.0583. The second-order valence-corrected chi connectivity index (χ2v) is 11.7. The molecule has 0 unspecified atom stereocenters. The highest BCUT2D eigenvalue weighted by atomic mass is 19.3. The first-order chi connectivity index (χ1) is 19.4. The largest absolute Gasteiger partial charge is 0.444 e. The number of halogens is 2. The average Bonchev–Trinajstić information content (AvgIpc) is 3.34. The molecule has 8 heteroatoms. The number of H-pyrrole nitrogens is 1. The number of hydrogen-bond donors (Lipinski definition) is 2. The number of hydrogen-bond acceptors (Lipinski definition) is 3. The van der Waals surface area contributed by atoms with Crippen molar-refractivity contribution >= 4 is 22.9 Å². The Bertz CT molecular complexity index is 1560. The maximum atomic E-state index is 13.5. The maximum Gasteiger partial charge on any atom is 0.407 e. The van der Waals surface area contributed by atoms with E-state index in [1.807, 2.05) is 45.9 Å². The summed E-state index contributed by atoms with van der Waals surface area (Å²) in [6.45, 7) is 7.91. The van der Waals surface area contributed by atoms with Crippen LogP contribution in [-0.2, 0) is 11.3 Å². The molecule has 0 aliphatic carbocycles. The number of nitrogens with one attached hydrogen (secondary N) is 2. The number of carbonyl (C=O) groups excluding carboxylic acids is 2. The third-order valence-electron chi connectivity index (χ3n) is 7.22. The predicted molar refractivity (Wildman–Crippen MR) is 157 cm³/mol. The van der Waals surface area contributed by atoms with Gasteiger partial charge in [-0.25, -0.2) is 13.6 Å². The maximum absolute atomic E-state index is 13.5. The highest BCUT2D eigenvalue weighted by molar-refractivity contribution is 5.99. The van der Waals surface area contributed by atoms with E-state index in [4.69, 9.17) is 4.74 Å². The molecule has 0 bridgehead atoms. The van der Waals surface area contributed by atoms with Crippen molar-refractivity contribution < 1.29 is 23.1 Å². The van der Waals surface area contributed by atoms with Crippen molar-refractivity contribution in [3.63, 3.8) is 0 Å². The van der Waals surface area contributed by atoms with E-state index in [1.54, 1.807) is 12.1 Å². The molecule has 3 aromatic carbocycles. The minimum atomic E-state index is -2.70. The quantitative estimate of drug-likeness (QED) is 0.263. The SMILES string of the molecule is Cc1ccc(-c2cc(-c3ccc(C(=O)N4CCC(F)(F)CC4)cc3)cc3cc(CNC(=O)OC(C)(C)C)[nH]c23)cc1. The monoisotopic (exact) mass is 559 g/mol. The molecule has 214 valence electrons. The van der Waals surface area contributed by atoms with Crippen LogP contribution in [-0.4, -0.2) is 46.5 Å². The smallest absolute Gasteiger partial charge is 0.407 e. The fraction of sp³-hybridized carbons (Fsp3) is 0.333. The van der Waals surface area contributed by atoms with Crippen LogP contribution in [0.15, 0.2) is 66.7 Å². The summed E-state index contributed by atoms with van der Waals surface area (Å²) >= 11 is 0. The molecule has 41 heavy (non-hydrogen) atoms. The molecule has 0 atom stereocenters. The second kappa shape index (κ2) is 11.0. The van der Waals surface area contributed by atoms with Crippen molar-refractivity contribution in [2.45, 2.75) is 58.6 Å². The summed E-state index contributed by atoms with van der Waals surface area (Å²) < 4.78 is 32.5. The third kappa shape index (κ3) is 6.76. The van der Waals surface area contributed by atoms with E-state index in [-0.39, 0.29) is 38.4 Å². The fourth-order valence-electron chi connectivity index (χ4n) is 5.03. The number of alkyl halides is 2. The van der Waals surface area contributed by atoms with Crippen LogP contribution in [0.5, 0.6) is 0 Å². The minimum Gasteiger partial charge on any atom is -0.444 e. The Labute approximate surface area is 238 Å². The lowest BCUT2D eigenvalue weighted by Gasteiger charge is -2.31. The van der Waals surface area contributed by atoms with Gasteiger partial charge in [0.2, 0.25) is 0 Å². The van der Waals surface area contributed by atoms with Crippen LogP contribution in [0.25, 0.3) is 33.2 Å². The number of fused-ring (bicyclic) bond motifs is 1. The molecule has 2 amide bonds. The number of amides is 2. The van der Waals surface area contributed by atoms with Crippen molar-refractivity contribution in [1.29, 1.82) is 0 Å². The Morgan fingerprint density at radius 2 is 1.56 bits per heavy atom. The van der Waals surface area contributed by atoms with Crippen LogP contribution in [0, 0.1) is 6.92 Å². The van der Waals surface area contributed by atoms with Gasteiger partial charge in [-0.2, -0.15) is 0 Å². The number of benzene rings is 3. The predicted octanol–water partition coefficient (Wildman–Crippen LogP) is 7.71. The molecule has 1 fully saturated rings. The van der Waals surface area contributed by atoms with E-state index < -0.39 is 17.6 Å². The number of alkyl carbamates (subject to hydrolysis) is 1. The van der Waals surface area contributed by atoms with Crippen molar-refractivity contribution in [2.24, 2.45) is 0 Å². The summed E-state index contributed by atoms with van der Waals surface area (Å²) in [5, 5.41) is 3.79. The van der Waals surface area contributed by atoms with E-state index in [0.717, 1.165) is 44.4 Å². The number of ether oxygens (including phenoxy) is 1. The molecule has 5 rings (SSSR count). The van der Waals surface area contributed by atoms with Gasteiger partial charge in [0.05, 0.1) is 12.1 Å². The van der Waals surface area contributed by atoms with Gasteiger partial charge in [-0.05, 0) is 74.7 Å². The summed E-state index contributed by atoms with van der Waals surface area (Å²) in [6, 6.07) is 21.8. The molecule has 2 N–H and O–H groups in total. The number of piperidine rings is 1. The van der Waals surface area contributed by atoms with Gasteiger partial charge < -0.3 is 19.9 Å². The van der Waals surface area contributed by atoms with E-state index in [2.05, 4.69) is 46.7 Å². The molecular weight excluding hydrogens is 524 g/mol. The number of aromatic nitrogens is 1. The van der Waals surface area contributed by atoms with Crippen LogP contribution in [0.1, 0.15) is 55.2 Å². The Morgan fingerprint density at radius 1 is 0.927 bits per heavy atom. The lowest BCUT2D eigenvalue weighted by molar-refractivity contribution is -0.0494. The van der Waals surface area contributed by atoms with Crippen LogP contribution in [0.3, 0.4) is 0 Å². The van der Waals surface area contributed by atoms with Gasteiger partial charge in [0.1, 0.15) is 5.60 Å². The molecule has 2 heterocycles. The van der Waals surface area contributed by atoms with Crippen molar-refractivity contribution in [1.82, 2.24) is 15.2 Å². The number of carbonyl (C=O) groups is 2. The Hall–Kier alpha value is -4.20. The molecular formula is C33H35F2N3O3. The molecule has 1 aromatic heterocycles. The summed E-state index contributed by atoms with van der Waals surface area (Å²) in [7, 11) is 0.